The highest BCUT2D eigenvalue weighted by molar-refractivity contribution is 7.71. The zero-order valence-corrected chi connectivity index (χ0v) is 26.0. The van der Waals surface area contributed by atoms with Crippen molar-refractivity contribution in [2.45, 2.75) is 81.1 Å². The Morgan fingerprint density at radius 1 is 1.18 bits per heavy atom. The number of hydrogen-bond acceptors (Lipinski definition) is 11. The molecule has 20 heteroatoms. The van der Waals surface area contributed by atoms with Crippen molar-refractivity contribution in [1.29, 1.82) is 0 Å². The zero-order valence-electron chi connectivity index (χ0n) is 23.4. The first kappa shape index (κ1) is 32.4. The van der Waals surface area contributed by atoms with E-state index in [0.717, 1.165) is 32.1 Å². The number of rotatable bonds is 9. The quantitative estimate of drug-likeness (QED) is 0.125. The maximum atomic E-state index is 13.6. The standard InChI is InChI=1S/C24H36ClN7O10P2/c25-22-30-18(29-20(35)17(26)23-4-11-1-2-24(36,8-23)6-12(3-11)5-23)14-19(31-22)32(9-27-14)21-16(34)15(33)13(42-21)7-28-43(37,38)10-44(39,40)41/h9,11-13,15-17,21,33-34,36H,1-8,10,26H2,(H2,28,37,38)(H2,39,40,41)(H,29,30,31,35)/t11-,12?,13-,15?,16?,17?,21-,23?,24?/m1/s1. The van der Waals surface area contributed by atoms with Gasteiger partial charge in [-0.05, 0) is 73.8 Å². The number of aliphatic hydroxyl groups excluding tert-OH is 2. The fraction of sp³-hybridized carbons (Fsp3) is 0.750. The summed E-state index contributed by atoms with van der Waals surface area (Å²) in [6.45, 7) is -0.525. The van der Waals surface area contributed by atoms with Gasteiger partial charge in [0.25, 0.3) is 7.52 Å². The molecule has 0 aromatic carbocycles. The van der Waals surface area contributed by atoms with Crippen LogP contribution in [0.3, 0.4) is 0 Å². The van der Waals surface area contributed by atoms with Gasteiger partial charge in [0, 0.05) is 6.54 Å². The molecule has 1 aliphatic heterocycles. The van der Waals surface area contributed by atoms with Gasteiger partial charge in [-0.1, -0.05) is 0 Å². The lowest BCUT2D eigenvalue weighted by molar-refractivity contribution is -0.129. The van der Waals surface area contributed by atoms with Crippen molar-refractivity contribution < 1.29 is 48.7 Å². The summed E-state index contributed by atoms with van der Waals surface area (Å²) in [6.07, 6.45) is 0.851. The van der Waals surface area contributed by atoms with Gasteiger partial charge in [-0.15, -0.1) is 0 Å². The summed E-state index contributed by atoms with van der Waals surface area (Å²) in [4.78, 5) is 54.0. The third-order valence-electron chi connectivity index (χ3n) is 9.53. The van der Waals surface area contributed by atoms with Crippen LogP contribution < -0.4 is 16.1 Å². The molecule has 5 aliphatic rings. The van der Waals surface area contributed by atoms with Crippen LogP contribution in [0.25, 0.3) is 11.2 Å². The van der Waals surface area contributed by atoms with Crippen molar-refractivity contribution in [3.05, 3.63) is 11.6 Å². The smallest absolute Gasteiger partial charge is 0.336 e. The molecule has 244 valence electrons. The summed E-state index contributed by atoms with van der Waals surface area (Å²) in [6, 6.07) is -0.930. The van der Waals surface area contributed by atoms with Gasteiger partial charge in [0.2, 0.25) is 11.2 Å². The number of aromatic nitrogens is 4. The average molecular weight is 680 g/mol. The number of fused-ring (bicyclic) bond motifs is 2. The first-order valence-electron chi connectivity index (χ1n) is 14.3. The minimum atomic E-state index is -4.82. The fourth-order valence-electron chi connectivity index (χ4n) is 7.98. The van der Waals surface area contributed by atoms with Gasteiger partial charge < -0.3 is 45.8 Å². The van der Waals surface area contributed by atoms with Crippen LogP contribution in [-0.4, -0.2) is 97.8 Å². The van der Waals surface area contributed by atoms with Crippen LogP contribution in [0.5, 0.6) is 0 Å². The Morgan fingerprint density at radius 3 is 2.64 bits per heavy atom. The van der Waals surface area contributed by atoms with Gasteiger partial charge >= 0.3 is 7.60 Å². The van der Waals surface area contributed by atoms with Crippen LogP contribution in [0, 0.1) is 17.3 Å². The number of anilines is 1. The number of aliphatic hydroxyl groups is 3. The SMILES string of the molecule is NC(C(=O)Nc1nc(Cl)nc2c1ncn2[C@@H]1O[C@H](CNP(=O)(O)CP(=O)(O)O)C(O)C1O)C12CC3C[C@@H](CCC(O)(C3)C1)C2. The maximum Gasteiger partial charge on any atom is 0.336 e. The number of amides is 1. The molecule has 7 unspecified atom stereocenters. The lowest BCUT2D eigenvalue weighted by Crippen LogP contribution is -2.58. The topological polar surface area (TPSA) is 275 Å². The average Bonchev–Trinajstić information content (AvgIpc) is 3.37. The Morgan fingerprint density at radius 2 is 1.91 bits per heavy atom. The molecule has 0 spiro atoms. The van der Waals surface area contributed by atoms with Crippen LogP contribution in [-0.2, 0) is 18.7 Å². The Hall–Kier alpha value is -1.59. The summed E-state index contributed by atoms with van der Waals surface area (Å²) in [5, 5.41) is 37.1. The number of carbonyl (C=O) groups is 1. The number of nitrogens with zero attached hydrogens (tertiary/aromatic N) is 4. The first-order valence-corrected chi connectivity index (χ1v) is 18.3. The van der Waals surface area contributed by atoms with E-state index in [1.54, 1.807) is 0 Å². The summed E-state index contributed by atoms with van der Waals surface area (Å²) < 4.78 is 30.2. The Balaban J connectivity index is 1.20. The molecule has 5 fully saturated rings. The zero-order chi connectivity index (χ0) is 31.8. The molecule has 4 aliphatic carbocycles. The number of carbonyl (C=O) groups excluding carboxylic acids is 1. The lowest BCUT2D eigenvalue weighted by Gasteiger charge is -2.53. The first-order chi connectivity index (χ1) is 20.5. The Labute approximate surface area is 256 Å². The number of imidazole rings is 1. The molecule has 2 aromatic rings. The van der Waals surface area contributed by atoms with E-state index in [0.29, 0.717) is 24.7 Å². The summed E-state index contributed by atoms with van der Waals surface area (Å²) in [5.41, 5.74) is 5.37. The molecule has 10 atom stereocenters. The van der Waals surface area contributed by atoms with Gasteiger partial charge in [0.15, 0.2) is 23.2 Å². The van der Waals surface area contributed by atoms with E-state index in [-0.39, 0.29) is 22.3 Å². The van der Waals surface area contributed by atoms with Crippen molar-refractivity contribution in [3.63, 3.8) is 0 Å². The molecule has 4 bridgehead atoms. The van der Waals surface area contributed by atoms with Crippen LogP contribution in [0.4, 0.5) is 5.82 Å². The number of ether oxygens (including phenoxy) is 1. The molecule has 0 radical (unpaired) electrons. The second kappa shape index (κ2) is 11.3. The minimum Gasteiger partial charge on any atom is -0.390 e. The third-order valence-corrected chi connectivity index (χ3v) is 13.4. The van der Waals surface area contributed by atoms with Crippen LogP contribution in [0.2, 0.25) is 5.28 Å². The van der Waals surface area contributed by atoms with Gasteiger partial charge in [0.1, 0.15) is 24.2 Å². The van der Waals surface area contributed by atoms with E-state index in [9.17, 15) is 34.1 Å². The molecule has 1 amide bonds. The molecule has 4 saturated carbocycles. The van der Waals surface area contributed by atoms with Crippen molar-refractivity contribution in [1.82, 2.24) is 24.6 Å². The highest BCUT2D eigenvalue weighted by Gasteiger charge is 2.57. The van der Waals surface area contributed by atoms with E-state index in [4.69, 9.17) is 31.9 Å². The van der Waals surface area contributed by atoms with Crippen LogP contribution in [0.15, 0.2) is 6.33 Å². The molecular formula is C24H36ClN7O10P2. The minimum absolute atomic E-state index is 0.0361. The van der Waals surface area contributed by atoms with E-state index in [1.807, 2.05) is 0 Å². The monoisotopic (exact) mass is 679 g/mol. The molecule has 44 heavy (non-hydrogen) atoms. The Bertz CT molecular complexity index is 1560. The second-order valence-electron chi connectivity index (χ2n) is 12.9. The molecule has 7 rings (SSSR count). The highest BCUT2D eigenvalue weighted by atomic mass is 35.5. The summed E-state index contributed by atoms with van der Waals surface area (Å²) in [5.74, 6) is -1.15. The van der Waals surface area contributed by atoms with E-state index >= 15 is 0 Å². The van der Waals surface area contributed by atoms with Crippen molar-refractivity contribution in [2.24, 2.45) is 23.0 Å². The molecule has 2 aromatic heterocycles. The van der Waals surface area contributed by atoms with E-state index in [2.05, 4.69) is 25.4 Å². The number of nitrogens with one attached hydrogen (secondary N) is 2. The number of nitrogens with two attached hydrogens (primary N) is 1. The highest BCUT2D eigenvalue weighted by Crippen LogP contribution is 2.60. The molecule has 10 N–H and O–H groups in total. The van der Waals surface area contributed by atoms with Crippen molar-refractivity contribution in [3.8, 4) is 0 Å². The van der Waals surface area contributed by atoms with Gasteiger partial charge in [-0.25, -0.2) is 10.1 Å². The van der Waals surface area contributed by atoms with Crippen molar-refractivity contribution in [2.75, 3.05) is 17.8 Å². The summed E-state index contributed by atoms with van der Waals surface area (Å²) in [7, 11) is -9.32. The molecule has 3 heterocycles. The predicted octanol–water partition coefficient (Wildman–Crippen LogP) is -0.00370. The van der Waals surface area contributed by atoms with Gasteiger partial charge in [0.05, 0.1) is 18.0 Å². The second-order valence-corrected chi connectivity index (χ2v) is 17.4. The van der Waals surface area contributed by atoms with Gasteiger partial charge in [-0.3, -0.25) is 18.5 Å². The predicted molar refractivity (Wildman–Crippen MR) is 154 cm³/mol. The third kappa shape index (κ3) is 6.23. The molecule has 1 saturated heterocycles. The number of halogens is 1. The normalized spacial score (nSPS) is 37.2. The van der Waals surface area contributed by atoms with Crippen molar-refractivity contribution >= 4 is 49.6 Å². The molecular weight excluding hydrogens is 644 g/mol. The summed E-state index contributed by atoms with van der Waals surface area (Å²) >= 11 is 6.20. The maximum absolute atomic E-state index is 13.6. The molecule has 17 nitrogen and oxygen atoms in total. The van der Waals surface area contributed by atoms with Gasteiger partial charge in [-0.2, -0.15) is 9.97 Å². The van der Waals surface area contributed by atoms with Crippen LogP contribution in [0.1, 0.15) is 51.2 Å². The fourth-order valence-corrected chi connectivity index (χ4v) is 11.0. The van der Waals surface area contributed by atoms with E-state index in [1.165, 1.54) is 10.9 Å². The lowest BCUT2D eigenvalue weighted by atomic mass is 9.54. The number of hydrogen-bond donors (Lipinski definition) is 9. The Kier molecular flexibility index (Phi) is 8.30. The van der Waals surface area contributed by atoms with Crippen LogP contribution >= 0.6 is 26.7 Å². The largest absolute Gasteiger partial charge is 0.390 e. The van der Waals surface area contributed by atoms with E-state index < -0.39 is 75.1 Å².